The van der Waals surface area contributed by atoms with Crippen molar-refractivity contribution in [2.75, 3.05) is 24.4 Å². The molecular weight excluding hydrogens is 496 g/mol. The number of aryl methyl sites for hydroxylation is 1. The average molecular weight is 523 g/mol. The molecule has 1 aliphatic rings. The monoisotopic (exact) mass is 522 g/mol. The minimum Gasteiger partial charge on any atom is -0.466 e. The largest absolute Gasteiger partial charge is 0.466 e. The molecule has 0 saturated heterocycles. The summed E-state index contributed by atoms with van der Waals surface area (Å²) >= 11 is 0. The highest BCUT2D eigenvalue weighted by atomic mass is 16.5. The van der Waals surface area contributed by atoms with Gasteiger partial charge in [-0.3, -0.25) is 9.69 Å². The van der Waals surface area contributed by atoms with Gasteiger partial charge in [-0.25, -0.2) is 9.59 Å². The highest BCUT2D eigenvalue weighted by molar-refractivity contribution is 6.07. The third kappa shape index (κ3) is 5.22. The smallest absolute Gasteiger partial charge is 0.355 e. The van der Waals surface area contributed by atoms with Crippen molar-refractivity contribution in [2.45, 2.75) is 12.8 Å². The summed E-state index contributed by atoms with van der Waals surface area (Å²) in [5.41, 5.74) is 9.20. The zero-order valence-electron chi connectivity index (χ0n) is 21.6. The molecule has 196 valence electrons. The summed E-state index contributed by atoms with van der Waals surface area (Å²) in [4.78, 5) is 40.3. The molecule has 0 aromatic heterocycles. The number of nitrogens with zero attached hydrogens (tertiary/aromatic N) is 2. The van der Waals surface area contributed by atoms with Gasteiger partial charge in [0.1, 0.15) is 11.5 Å². The molecular formula is C30H26N4O5. The normalized spacial score (nSPS) is 14.9. The third-order valence-corrected chi connectivity index (χ3v) is 6.27. The summed E-state index contributed by atoms with van der Waals surface area (Å²) in [7, 11) is 2.37. The van der Waals surface area contributed by atoms with E-state index in [2.05, 4.69) is 11.4 Å². The van der Waals surface area contributed by atoms with E-state index < -0.39 is 17.9 Å². The number of methoxy groups -OCH3 is 2. The predicted octanol–water partition coefficient (Wildman–Crippen LogP) is 4.15. The van der Waals surface area contributed by atoms with E-state index in [4.69, 9.17) is 15.2 Å². The zero-order chi connectivity index (χ0) is 28.1. The van der Waals surface area contributed by atoms with Crippen molar-refractivity contribution in [1.82, 2.24) is 0 Å². The lowest BCUT2D eigenvalue weighted by atomic mass is 9.81. The minimum absolute atomic E-state index is 0.0454. The van der Waals surface area contributed by atoms with E-state index in [1.165, 1.54) is 19.1 Å². The lowest BCUT2D eigenvalue weighted by Gasteiger charge is -2.35. The molecule has 3 aromatic carbocycles. The van der Waals surface area contributed by atoms with Gasteiger partial charge in [0.05, 0.1) is 37.4 Å². The van der Waals surface area contributed by atoms with Gasteiger partial charge >= 0.3 is 11.9 Å². The van der Waals surface area contributed by atoms with Gasteiger partial charge in [-0.1, -0.05) is 48.0 Å². The molecule has 1 amide bonds. The van der Waals surface area contributed by atoms with Crippen molar-refractivity contribution in [3.05, 3.63) is 118 Å². The summed E-state index contributed by atoms with van der Waals surface area (Å²) in [6.07, 6.45) is 0. The number of allylic oxidation sites excluding steroid dienone is 1. The molecule has 0 fully saturated rings. The Bertz CT molecular complexity index is 1540. The Hall–Kier alpha value is -5.36. The molecule has 9 heteroatoms. The van der Waals surface area contributed by atoms with Crippen LogP contribution in [0.3, 0.4) is 0 Å². The number of hydrogen-bond acceptors (Lipinski definition) is 8. The van der Waals surface area contributed by atoms with Gasteiger partial charge in [0.25, 0.3) is 5.91 Å². The molecule has 4 rings (SSSR count). The first kappa shape index (κ1) is 26.7. The molecule has 1 aliphatic heterocycles. The molecule has 9 nitrogen and oxygen atoms in total. The lowest BCUT2D eigenvalue weighted by Crippen LogP contribution is -2.40. The average Bonchev–Trinajstić information content (AvgIpc) is 2.96. The quantitative estimate of drug-likeness (QED) is 0.461. The molecule has 1 heterocycles. The van der Waals surface area contributed by atoms with E-state index in [9.17, 15) is 19.6 Å². The number of nitrogens with two attached hydrogens (primary N) is 1. The van der Waals surface area contributed by atoms with Crippen molar-refractivity contribution in [1.29, 1.82) is 5.26 Å². The van der Waals surface area contributed by atoms with E-state index in [-0.39, 0.29) is 28.6 Å². The second kappa shape index (κ2) is 11.4. The molecule has 39 heavy (non-hydrogen) atoms. The summed E-state index contributed by atoms with van der Waals surface area (Å²) < 4.78 is 10.1. The number of nitrogens with one attached hydrogen (secondary N) is 1. The van der Waals surface area contributed by atoms with Gasteiger partial charge in [-0.15, -0.1) is 0 Å². The number of carbonyl (C=O) groups is 3. The highest BCUT2D eigenvalue weighted by Crippen LogP contribution is 2.43. The van der Waals surface area contributed by atoms with Gasteiger partial charge < -0.3 is 20.5 Å². The summed E-state index contributed by atoms with van der Waals surface area (Å²) in [6.45, 7) is 1.90. The maximum absolute atomic E-state index is 13.1. The highest BCUT2D eigenvalue weighted by Gasteiger charge is 2.42. The lowest BCUT2D eigenvalue weighted by molar-refractivity contribution is -0.139. The maximum Gasteiger partial charge on any atom is 0.355 e. The van der Waals surface area contributed by atoms with E-state index in [1.54, 1.807) is 72.8 Å². The second-order valence-corrected chi connectivity index (χ2v) is 8.71. The number of hydrogen-bond donors (Lipinski definition) is 2. The Morgan fingerprint density at radius 3 is 2.18 bits per heavy atom. The minimum atomic E-state index is -0.957. The fourth-order valence-electron chi connectivity index (χ4n) is 4.46. The Labute approximate surface area is 225 Å². The van der Waals surface area contributed by atoms with Gasteiger partial charge in [0, 0.05) is 16.9 Å². The molecule has 3 N–H and O–H groups in total. The van der Waals surface area contributed by atoms with Crippen LogP contribution in [-0.4, -0.2) is 32.1 Å². The predicted molar refractivity (Wildman–Crippen MR) is 145 cm³/mol. The fraction of sp³-hybridized carbons (Fsp3) is 0.133. The number of anilines is 2. The van der Waals surface area contributed by atoms with E-state index in [0.717, 1.165) is 5.56 Å². The van der Waals surface area contributed by atoms with Crippen molar-refractivity contribution < 1.29 is 23.9 Å². The van der Waals surface area contributed by atoms with E-state index in [1.807, 2.05) is 13.0 Å². The van der Waals surface area contributed by atoms with Crippen LogP contribution in [0.4, 0.5) is 11.4 Å². The van der Waals surface area contributed by atoms with Crippen LogP contribution in [0.2, 0.25) is 0 Å². The number of ether oxygens (including phenoxy) is 2. The fourth-order valence-corrected chi connectivity index (χ4v) is 4.46. The van der Waals surface area contributed by atoms with Gasteiger partial charge in [-0.05, 0) is 48.9 Å². The summed E-state index contributed by atoms with van der Waals surface area (Å²) in [5.74, 6) is -2.94. The number of rotatable bonds is 6. The first-order valence-electron chi connectivity index (χ1n) is 11.9. The van der Waals surface area contributed by atoms with Crippen LogP contribution in [0.25, 0.3) is 0 Å². The van der Waals surface area contributed by atoms with Crippen LogP contribution in [0.5, 0.6) is 0 Å². The number of benzene rings is 3. The Morgan fingerprint density at radius 2 is 1.59 bits per heavy atom. The van der Waals surface area contributed by atoms with Crippen LogP contribution in [0.15, 0.2) is 102 Å². The Balaban J connectivity index is 1.81. The topological polar surface area (TPSA) is 135 Å². The van der Waals surface area contributed by atoms with Gasteiger partial charge in [0.2, 0.25) is 0 Å². The molecule has 0 spiro atoms. The number of carbonyl (C=O) groups excluding carboxylic acids is 3. The molecule has 0 radical (unpaired) electrons. The Kier molecular flexibility index (Phi) is 7.77. The number of nitriles is 1. The SMILES string of the molecule is COC(=O)C1=C(C(=O)OC)N(c2ccc(NC(=O)c3cccc(C)c3)cc2)C(N)=C(C#N)C1c1ccccc1. The molecule has 3 aromatic rings. The summed E-state index contributed by atoms with van der Waals surface area (Å²) in [5, 5.41) is 13.0. The molecule has 0 bridgehead atoms. The van der Waals surface area contributed by atoms with E-state index >= 15 is 0 Å². The zero-order valence-corrected chi connectivity index (χ0v) is 21.6. The van der Waals surface area contributed by atoms with Crippen LogP contribution >= 0.6 is 0 Å². The van der Waals surface area contributed by atoms with Crippen LogP contribution < -0.4 is 16.0 Å². The molecule has 0 saturated carbocycles. The van der Waals surface area contributed by atoms with E-state index in [0.29, 0.717) is 22.5 Å². The number of esters is 2. The van der Waals surface area contributed by atoms with Gasteiger partial charge in [-0.2, -0.15) is 5.26 Å². The third-order valence-electron chi connectivity index (χ3n) is 6.27. The Morgan fingerprint density at radius 1 is 0.923 bits per heavy atom. The van der Waals surface area contributed by atoms with Crippen molar-refractivity contribution in [3.8, 4) is 6.07 Å². The van der Waals surface area contributed by atoms with Crippen molar-refractivity contribution in [2.24, 2.45) is 5.73 Å². The van der Waals surface area contributed by atoms with Crippen molar-refractivity contribution in [3.63, 3.8) is 0 Å². The second-order valence-electron chi connectivity index (χ2n) is 8.71. The van der Waals surface area contributed by atoms with Crippen LogP contribution in [-0.2, 0) is 19.1 Å². The molecule has 1 unspecified atom stereocenters. The van der Waals surface area contributed by atoms with Crippen LogP contribution in [0.1, 0.15) is 27.4 Å². The summed E-state index contributed by atoms with van der Waals surface area (Å²) in [6, 6.07) is 24.5. The first-order valence-corrected chi connectivity index (χ1v) is 11.9. The van der Waals surface area contributed by atoms with Crippen LogP contribution in [0, 0.1) is 18.3 Å². The van der Waals surface area contributed by atoms with Crippen molar-refractivity contribution >= 4 is 29.2 Å². The first-order chi connectivity index (χ1) is 18.8. The molecule has 0 aliphatic carbocycles. The number of amides is 1. The standard InChI is InChI=1S/C30H26N4O5/c1-18-8-7-11-20(16-18)28(35)33-21-12-14-22(15-13-21)34-26(30(37)39-3)25(29(36)38-2)24(23(17-31)27(34)32)19-9-5-4-6-10-19/h4-16,24H,32H2,1-3H3,(H,33,35). The molecule has 1 atom stereocenters. The maximum atomic E-state index is 13.1. The van der Waals surface area contributed by atoms with Gasteiger partial charge in [0.15, 0.2) is 0 Å².